The van der Waals surface area contributed by atoms with Crippen LogP contribution in [-0.4, -0.2) is 44.5 Å². The number of sulfonamides is 1. The molecular formula is C20H26F3N5O4S2. The summed E-state index contributed by atoms with van der Waals surface area (Å²) in [6, 6.07) is 2.15. The summed E-state index contributed by atoms with van der Waals surface area (Å²) in [5.41, 5.74) is 10.9. The average Bonchev–Trinajstić information content (AvgIpc) is 2.72. The van der Waals surface area contributed by atoms with E-state index in [2.05, 4.69) is 14.7 Å². The summed E-state index contributed by atoms with van der Waals surface area (Å²) < 4.78 is 92.9. The fraction of sp³-hybridized carbons (Fsp3) is 0.500. The van der Waals surface area contributed by atoms with E-state index in [9.17, 15) is 30.0 Å². The Labute approximate surface area is 196 Å². The second-order valence-corrected chi connectivity index (χ2v) is 12.3. The molecule has 0 spiro atoms. The molecule has 188 valence electrons. The van der Waals surface area contributed by atoms with Gasteiger partial charge in [0, 0.05) is 24.1 Å². The summed E-state index contributed by atoms with van der Waals surface area (Å²) in [5, 5.41) is -1.07. The first-order valence-corrected chi connectivity index (χ1v) is 13.8. The molecule has 0 bridgehead atoms. The van der Waals surface area contributed by atoms with Gasteiger partial charge in [0.2, 0.25) is 16.0 Å². The van der Waals surface area contributed by atoms with Crippen molar-refractivity contribution >= 4 is 25.8 Å². The maximum atomic E-state index is 13.7. The Bertz CT molecular complexity index is 1280. The molecule has 9 nitrogen and oxygen atoms in total. The molecule has 1 heterocycles. The third-order valence-corrected chi connectivity index (χ3v) is 8.87. The van der Waals surface area contributed by atoms with Gasteiger partial charge >= 0.3 is 6.18 Å². The molecular weight excluding hydrogens is 495 g/mol. The summed E-state index contributed by atoms with van der Waals surface area (Å²) in [7, 11) is -8.04. The highest BCUT2D eigenvalue weighted by Crippen LogP contribution is 2.37. The number of benzene rings is 1. The van der Waals surface area contributed by atoms with Crippen LogP contribution in [0.15, 0.2) is 29.3 Å². The highest BCUT2D eigenvalue weighted by atomic mass is 32.2. The number of hydrogen-bond acceptors (Lipinski definition) is 8. The Morgan fingerprint density at radius 1 is 1.12 bits per heavy atom. The molecule has 0 aliphatic heterocycles. The number of alkyl halides is 3. The number of aromatic nitrogens is 2. The van der Waals surface area contributed by atoms with E-state index in [1.165, 1.54) is 6.20 Å². The molecule has 0 radical (unpaired) electrons. The molecule has 0 amide bonds. The van der Waals surface area contributed by atoms with E-state index in [0.29, 0.717) is 30.2 Å². The quantitative estimate of drug-likeness (QED) is 0.522. The maximum Gasteiger partial charge on any atom is 0.417 e. The second-order valence-electron chi connectivity index (χ2n) is 8.46. The van der Waals surface area contributed by atoms with Gasteiger partial charge in [-0.05, 0) is 56.2 Å². The number of sulfone groups is 1. The monoisotopic (exact) mass is 521 g/mol. The van der Waals surface area contributed by atoms with Gasteiger partial charge < -0.3 is 11.5 Å². The van der Waals surface area contributed by atoms with Crippen LogP contribution in [0, 0.1) is 12.8 Å². The Hall–Kier alpha value is -2.29. The predicted molar refractivity (Wildman–Crippen MR) is 121 cm³/mol. The van der Waals surface area contributed by atoms with Crippen LogP contribution in [0.2, 0.25) is 0 Å². The standard InChI is InChI=1S/C20H26F3N5O4S2/c1-11-15(10-26-19(25)27-11)13-5-8-16(20(21,22)23)17(9-13)34(31,32)28-14-6-3-12(4-7-14)18(24)33(2,29)30/h5,8-10,12,14,18,28H,3-4,6-7,24H2,1-2H3,(H2,25,26,27)/t12-,14-,18?. The van der Waals surface area contributed by atoms with Crippen molar-refractivity contribution in [3.8, 4) is 11.1 Å². The predicted octanol–water partition coefficient (Wildman–Crippen LogP) is 2.22. The van der Waals surface area contributed by atoms with E-state index >= 15 is 0 Å². The zero-order valence-electron chi connectivity index (χ0n) is 18.5. The largest absolute Gasteiger partial charge is 0.417 e. The molecule has 3 rings (SSSR count). The van der Waals surface area contributed by atoms with Crippen molar-refractivity contribution < 1.29 is 30.0 Å². The van der Waals surface area contributed by atoms with Gasteiger partial charge in [0.05, 0.1) is 16.2 Å². The van der Waals surface area contributed by atoms with E-state index in [-0.39, 0.29) is 30.3 Å². The van der Waals surface area contributed by atoms with Gasteiger partial charge in [-0.1, -0.05) is 6.07 Å². The number of anilines is 1. The molecule has 0 saturated heterocycles. The number of nitrogens with zero attached hydrogens (tertiary/aromatic N) is 2. The molecule has 1 fully saturated rings. The topological polar surface area (TPSA) is 158 Å². The third kappa shape index (κ3) is 5.85. The molecule has 1 aliphatic carbocycles. The van der Waals surface area contributed by atoms with Crippen LogP contribution in [0.3, 0.4) is 0 Å². The molecule has 2 aromatic rings. The lowest BCUT2D eigenvalue weighted by Gasteiger charge is -2.31. The van der Waals surface area contributed by atoms with E-state index in [1.807, 2.05) is 0 Å². The molecule has 1 aliphatic rings. The Morgan fingerprint density at radius 2 is 1.74 bits per heavy atom. The Morgan fingerprint density at radius 3 is 2.26 bits per heavy atom. The summed E-state index contributed by atoms with van der Waals surface area (Å²) in [6.07, 6.45) is -1.40. The average molecular weight is 522 g/mol. The first-order chi connectivity index (χ1) is 15.6. The number of halogens is 3. The first-order valence-electron chi connectivity index (χ1n) is 10.4. The first kappa shape index (κ1) is 26.3. The van der Waals surface area contributed by atoms with Gasteiger partial charge in [-0.25, -0.2) is 31.5 Å². The van der Waals surface area contributed by atoms with Gasteiger partial charge in [0.1, 0.15) is 5.37 Å². The van der Waals surface area contributed by atoms with E-state index in [0.717, 1.165) is 18.4 Å². The minimum Gasteiger partial charge on any atom is -0.368 e. The van der Waals surface area contributed by atoms with Crippen molar-refractivity contribution in [2.45, 2.75) is 55.1 Å². The normalized spacial score (nSPS) is 20.8. The van der Waals surface area contributed by atoms with Crippen LogP contribution in [-0.2, 0) is 26.0 Å². The lowest BCUT2D eigenvalue weighted by molar-refractivity contribution is -0.139. The van der Waals surface area contributed by atoms with Crippen LogP contribution in [0.4, 0.5) is 19.1 Å². The van der Waals surface area contributed by atoms with E-state index in [1.54, 1.807) is 6.92 Å². The van der Waals surface area contributed by atoms with Crippen molar-refractivity contribution in [2.75, 3.05) is 12.0 Å². The van der Waals surface area contributed by atoms with E-state index in [4.69, 9.17) is 11.5 Å². The molecule has 1 aromatic heterocycles. The van der Waals surface area contributed by atoms with Gasteiger partial charge in [0.25, 0.3) is 0 Å². The van der Waals surface area contributed by atoms with Crippen molar-refractivity contribution in [3.05, 3.63) is 35.7 Å². The van der Waals surface area contributed by atoms with Crippen molar-refractivity contribution in [3.63, 3.8) is 0 Å². The number of nitrogens with one attached hydrogen (secondary N) is 1. The van der Waals surface area contributed by atoms with E-state index < -0.39 is 47.9 Å². The highest BCUT2D eigenvalue weighted by Gasteiger charge is 2.39. The zero-order chi connectivity index (χ0) is 25.5. The van der Waals surface area contributed by atoms with Gasteiger partial charge in [-0.15, -0.1) is 0 Å². The summed E-state index contributed by atoms with van der Waals surface area (Å²) in [4.78, 5) is 6.90. The van der Waals surface area contributed by atoms with Crippen molar-refractivity contribution in [1.82, 2.24) is 14.7 Å². The van der Waals surface area contributed by atoms with Gasteiger partial charge in [-0.3, -0.25) is 0 Å². The number of nitrogens with two attached hydrogens (primary N) is 2. The lowest BCUT2D eigenvalue weighted by Crippen LogP contribution is -2.43. The van der Waals surface area contributed by atoms with Crippen LogP contribution < -0.4 is 16.2 Å². The number of nitrogen functional groups attached to an aromatic ring is 1. The minimum atomic E-state index is -4.91. The van der Waals surface area contributed by atoms with Crippen LogP contribution >= 0.6 is 0 Å². The van der Waals surface area contributed by atoms with Crippen LogP contribution in [0.5, 0.6) is 0 Å². The SMILES string of the molecule is Cc1nc(N)ncc1-c1ccc(C(F)(F)F)c(S(=O)(=O)N[C@H]2CC[C@H](C(N)S(C)(=O)=O)CC2)c1. The molecule has 34 heavy (non-hydrogen) atoms. The van der Waals surface area contributed by atoms with Crippen molar-refractivity contribution in [1.29, 1.82) is 0 Å². The maximum absolute atomic E-state index is 13.7. The third-order valence-electron chi connectivity index (χ3n) is 5.94. The van der Waals surface area contributed by atoms with Crippen LogP contribution in [0.1, 0.15) is 36.9 Å². The fourth-order valence-electron chi connectivity index (χ4n) is 4.11. The number of aryl methyl sites for hydroxylation is 1. The molecule has 1 atom stereocenters. The summed E-state index contributed by atoms with van der Waals surface area (Å²) in [5.74, 6) is -0.368. The van der Waals surface area contributed by atoms with Crippen LogP contribution in [0.25, 0.3) is 11.1 Å². The molecule has 1 saturated carbocycles. The Kier molecular flexibility index (Phi) is 7.27. The smallest absolute Gasteiger partial charge is 0.368 e. The molecule has 1 aromatic carbocycles. The Balaban J connectivity index is 1.91. The fourth-order valence-corrected chi connectivity index (χ4v) is 6.64. The van der Waals surface area contributed by atoms with Crippen molar-refractivity contribution in [2.24, 2.45) is 11.7 Å². The summed E-state index contributed by atoms with van der Waals surface area (Å²) >= 11 is 0. The van der Waals surface area contributed by atoms with Gasteiger partial charge in [0.15, 0.2) is 9.84 Å². The van der Waals surface area contributed by atoms with Gasteiger partial charge in [-0.2, -0.15) is 13.2 Å². The molecule has 14 heteroatoms. The lowest BCUT2D eigenvalue weighted by atomic mass is 9.86. The number of rotatable bonds is 6. The zero-order valence-corrected chi connectivity index (χ0v) is 20.1. The highest BCUT2D eigenvalue weighted by molar-refractivity contribution is 7.91. The molecule has 5 N–H and O–H groups in total. The minimum absolute atomic E-state index is 0.0196. The molecule has 1 unspecified atom stereocenters. The summed E-state index contributed by atoms with van der Waals surface area (Å²) in [6.45, 7) is 1.58. The number of hydrogen-bond donors (Lipinski definition) is 3. The second kappa shape index (κ2) is 9.40.